The highest BCUT2D eigenvalue weighted by atomic mass is 19.1. The first-order chi connectivity index (χ1) is 16.1. The van der Waals surface area contributed by atoms with Crippen LogP contribution >= 0.6 is 0 Å². The number of benzene rings is 3. The lowest BCUT2D eigenvalue weighted by molar-refractivity contribution is -0.120. The smallest absolute Gasteiger partial charge is 0.244 e. The van der Waals surface area contributed by atoms with Gasteiger partial charge in [-0.2, -0.15) is 0 Å². The van der Waals surface area contributed by atoms with E-state index in [-0.39, 0.29) is 30.6 Å². The summed E-state index contributed by atoms with van der Waals surface area (Å²) in [4.78, 5) is 32.1. The Balaban J connectivity index is 1.37. The summed E-state index contributed by atoms with van der Waals surface area (Å²) in [6.07, 6.45) is -0.0163. The maximum atomic E-state index is 13.4. The molecular formula is C25H20FN3O4. The maximum Gasteiger partial charge on any atom is 0.244 e. The van der Waals surface area contributed by atoms with Gasteiger partial charge in [-0.1, -0.05) is 24.3 Å². The quantitative estimate of drug-likeness (QED) is 0.656. The third-order valence-corrected chi connectivity index (χ3v) is 5.35. The van der Waals surface area contributed by atoms with Gasteiger partial charge in [0.25, 0.3) is 0 Å². The van der Waals surface area contributed by atoms with Crippen molar-refractivity contribution in [3.05, 3.63) is 78.1 Å². The van der Waals surface area contributed by atoms with Gasteiger partial charge >= 0.3 is 0 Å². The van der Waals surface area contributed by atoms with E-state index in [4.69, 9.17) is 9.47 Å². The normalized spacial score (nSPS) is 14.8. The molecule has 8 heteroatoms. The second-order valence-electron chi connectivity index (χ2n) is 7.62. The molecule has 0 aromatic heterocycles. The zero-order valence-corrected chi connectivity index (χ0v) is 17.6. The van der Waals surface area contributed by atoms with Gasteiger partial charge in [-0.15, -0.1) is 0 Å². The third-order valence-electron chi connectivity index (χ3n) is 5.35. The summed E-state index contributed by atoms with van der Waals surface area (Å²) in [6, 6.07) is 18.1. The van der Waals surface area contributed by atoms with Crippen LogP contribution in [-0.4, -0.2) is 37.3 Å². The SMILES string of the molecule is O=C(CN1C(=O)CC(c2ccc(F)cc2)=Nc2ccccc21)Nc1ccc2c(c1)OCCO2. The number of anilines is 2. The number of hydrogen-bond donors (Lipinski definition) is 1. The number of hydrogen-bond acceptors (Lipinski definition) is 5. The van der Waals surface area contributed by atoms with Gasteiger partial charge in [-0.3, -0.25) is 14.6 Å². The summed E-state index contributed by atoms with van der Waals surface area (Å²) in [6.45, 7) is 0.744. The predicted octanol–water partition coefficient (Wildman–Crippen LogP) is 4.09. The Morgan fingerprint density at radius 1 is 1.00 bits per heavy atom. The fraction of sp³-hybridized carbons (Fsp3) is 0.160. The average molecular weight is 445 g/mol. The summed E-state index contributed by atoms with van der Waals surface area (Å²) in [5.41, 5.74) is 2.82. The molecule has 0 fully saturated rings. The van der Waals surface area contributed by atoms with E-state index in [9.17, 15) is 14.0 Å². The largest absolute Gasteiger partial charge is 0.486 e. The molecule has 0 saturated carbocycles. The Labute approximate surface area is 189 Å². The molecule has 2 heterocycles. The number of fused-ring (bicyclic) bond motifs is 2. The van der Waals surface area contributed by atoms with E-state index < -0.39 is 0 Å². The van der Waals surface area contributed by atoms with Crippen LogP contribution in [0.3, 0.4) is 0 Å². The Morgan fingerprint density at radius 2 is 1.76 bits per heavy atom. The molecule has 0 saturated heterocycles. The zero-order chi connectivity index (χ0) is 22.8. The average Bonchev–Trinajstić information content (AvgIpc) is 2.96. The van der Waals surface area contributed by atoms with Crippen molar-refractivity contribution in [1.82, 2.24) is 0 Å². The van der Waals surface area contributed by atoms with E-state index in [1.165, 1.54) is 17.0 Å². The van der Waals surface area contributed by atoms with Crippen LogP contribution in [-0.2, 0) is 9.59 Å². The highest BCUT2D eigenvalue weighted by Gasteiger charge is 2.27. The van der Waals surface area contributed by atoms with E-state index in [1.807, 2.05) is 6.07 Å². The molecule has 0 radical (unpaired) electrons. The first-order valence-corrected chi connectivity index (χ1v) is 10.5. The van der Waals surface area contributed by atoms with Gasteiger partial charge in [0.2, 0.25) is 11.8 Å². The van der Waals surface area contributed by atoms with Crippen molar-refractivity contribution in [2.75, 3.05) is 30.0 Å². The lowest BCUT2D eigenvalue weighted by atomic mass is 10.1. The van der Waals surface area contributed by atoms with Crippen LogP contribution in [0.5, 0.6) is 11.5 Å². The number of carbonyl (C=O) groups excluding carboxylic acids is 2. The Hall–Kier alpha value is -4.20. The lowest BCUT2D eigenvalue weighted by Crippen LogP contribution is -2.38. The number of aliphatic imine (C=N–C) groups is 1. The van der Waals surface area contributed by atoms with Crippen molar-refractivity contribution in [3.8, 4) is 11.5 Å². The number of ether oxygens (including phenoxy) is 2. The van der Waals surface area contributed by atoms with Crippen LogP contribution in [0.2, 0.25) is 0 Å². The molecule has 2 aliphatic heterocycles. The molecule has 7 nitrogen and oxygen atoms in total. The second-order valence-corrected chi connectivity index (χ2v) is 7.62. The van der Waals surface area contributed by atoms with Crippen LogP contribution in [0.25, 0.3) is 0 Å². The Bertz CT molecular complexity index is 1260. The summed E-state index contributed by atoms with van der Waals surface area (Å²) >= 11 is 0. The van der Waals surface area contributed by atoms with Gasteiger partial charge in [-0.05, 0) is 42.0 Å². The van der Waals surface area contributed by atoms with Gasteiger partial charge < -0.3 is 19.7 Å². The van der Waals surface area contributed by atoms with Crippen LogP contribution in [0.1, 0.15) is 12.0 Å². The first kappa shape index (κ1) is 20.7. The minimum absolute atomic E-state index is 0.0163. The minimum atomic E-state index is -0.364. The molecule has 33 heavy (non-hydrogen) atoms. The molecule has 2 aliphatic rings. The van der Waals surface area contributed by atoms with E-state index in [2.05, 4.69) is 10.3 Å². The highest BCUT2D eigenvalue weighted by molar-refractivity contribution is 6.19. The maximum absolute atomic E-state index is 13.4. The minimum Gasteiger partial charge on any atom is -0.486 e. The van der Waals surface area contributed by atoms with Crippen molar-refractivity contribution >= 4 is 34.6 Å². The van der Waals surface area contributed by atoms with Crippen LogP contribution in [0.4, 0.5) is 21.5 Å². The molecule has 0 aliphatic carbocycles. The number of carbonyl (C=O) groups is 2. The molecule has 0 unspecified atom stereocenters. The van der Waals surface area contributed by atoms with Crippen molar-refractivity contribution in [3.63, 3.8) is 0 Å². The number of para-hydroxylation sites is 2. The van der Waals surface area contributed by atoms with E-state index in [0.29, 0.717) is 53.1 Å². The van der Waals surface area contributed by atoms with Gasteiger partial charge in [0.1, 0.15) is 25.6 Å². The molecule has 166 valence electrons. The third kappa shape index (κ3) is 4.41. The first-order valence-electron chi connectivity index (χ1n) is 10.5. The van der Waals surface area contributed by atoms with Crippen molar-refractivity contribution < 1.29 is 23.5 Å². The fourth-order valence-corrected chi connectivity index (χ4v) is 3.79. The van der Waals surface area contributed by atoms with Gasteiger partial charge in [-0.25, -0.2) is 4.39 Å². The molecule has 2 amide bonds. The molecule has 5 rings (SSSR count). The lowest BCUT2D eigenvalue weighted by Gasteiger charge is -2.22. The Kier molecular flexibility index (Phi) is 5.48. The number of amides is 2. The molecule has 0 atom stereocenters. The molecule has 3 aromatic carbocycles. The van der Waals surface area contributed by atoms with Gasteiger partial charge in [0.05, 0.1) is 23.5 Å². The Morgan fingerprint density at radius 3 is 2.58 bits per heavy atom. The predicted molar refractivity (Wildman–Crippen MR) is 122 cm³/mol. The van der Waals surface area contributed by atoms with Crippen molar-refractivity contribution in [2.45, 2.75) is 6.42 Å². The zero-order valence-electron chi connectivity index (χ0n) is 17.6. The van der Waals surface area contributed by atoms with Crippen LogP contribution in [0, 0.1) is 5.82 Å². The highest BCUT2D eigenvalue weighted by Crippen LogP contribution is 2.34. The molecule has 0 bridgehead atoms. The number of rotatable bonds is 4. The summed E-state index contributed by atoms with van der Waals surface area (Å²) in [5.74, 6) is 0.187. The number of halogens is 1. The van der Waals surface area contributed by atoms with Crippen molar-refractivity contribution in [1.29, 1.82) is 0 Å². The van der Waals surface area contributed by atoms with Gasteiger partial charge in [0, 0.05) is 11.8 Å². The summed E-state index contributed by atoms with van der Waals surface area (Å²) in [5, 5.41) is 2.81. The molecule has 3 aromatic rings. The fourth-order valence-electron chi connectivity index (χ4n) is 3.79. The van der Waals surface area contributed by atoms with Crippen molar-refractivity contribution in [2.24, 2.45) is 4.99 Å². The van der Waals surface area contributed by atoms with Crippen LogP contribution in [0.15, 0.2) is 71.7 Å². The van der Waals surface area contributed by atoms with E-state index >= 15 is 0 Å². The molecule has 1 N–H and O–H groups in total. The second kappa shape index (κ2) is 8.74. The van der Waals surface area contributed by atoms with Crippen LogP contribution < -0.4 is 19.7 Å². The van der Waals surface area contributed by atoms with E-state index in [0.717, 1.165) is 0 Å². The standard InChI is InChI=1S/C25H20FN3O4/c26-17-7-5-16(6-8-17)20-14-25(31)29(21-4-2-1-3-19(21)28-20)15-24(30)27-18-9-10-22-23(13-18)33-12-11-32-22/h1-10,13H,11-12,14-15H2,(H,27,30). The topological polar surface area (TPSA) is 80.2 Å². The molecule has 0 spiro atoms. The van der Waals surface area contributed by atoms with Gasteiger partial charge in [0.15, 0.2) is 11.5 Å². The monoisotopic (exact) mass is 445 g/mol. The number of nitrogens with one attached hydrogen (secondary N) is 1. The molecular weight excluding hydrogens is 425 g/mol. The summed E-state index contributed by atoms with van der Waals surface area (Å²) in [7, 11) is 0. The number of nitrogens with zero attached hydrogens (tertiary/aromatic N) is 2. The summed E-state index contributed by atoms with van der Waals surface area (Å²) < 4.78 is 24.4. The van der Waals surface area contributed by atoms with E-state index in [1.54, 1.807) is 48.5 Å².